The van der Waals surface area contributed by atoms with Crippen LogP contribution in [0.3, 0.4) is 0 Å². The zero-order valence-electron chi connectivity index (χ0n) is 16.4. The standard InChI is InChI=1S/C19H31N5OS.HI/c1-3-20-19(21-11-17-14(2)22-13-26-17)23-16-9-10-24(12-16)18(25)15-7-5-4-6-8-15;/h13,15-16H,3-12H2,1-2H3,(H2,20,21,23);1H. The summed E-state index contributed by atoms with van der Waals surface area (Å²) in [7, 11) is 0. The van der Waals surface area contributed by atoms with Crippen molar-refractivity contribution in [3.63, 3.8) is 0 Å². The van der Waals surface area contributed by atoms with E-state index < -0.39 is 0 Å². The maximum Gasteiger partial charge on any atom is 0.225 e. The number of hydrogen-bond acceptors (Lipinski definition) is 4. The van der Waals surface area contributed by atoms with E-state index in [-0.39, 0.29) is 35.9 Å². The lowest BCUT2D eigenvalue weighted by molar-refractivity contribution is -0.135. The maximum atomic E-state index is 12.7. The van der Waals surface area contributed by atoms with Gasteiger partial charge in [-0.2, -0.15) is 0 Å². The fourth-order valence-corrected chi connectivity index (χ4v) is 4.53. The van der Waals surface area contributed by atoms with Gasteiger partial charge < -0.3 is 15.5 Å². The summed E-state index contributed by atoms with van der Waals surface area (Å²) in [4.78, 5) is 25.0. The van der Waals surface area contributed by atoms with Crippen molar-refractivity contribution < 1.29 is 4.79 Å². The van der Waals surface area contributed by atoms with Gasteiger partial charge in [-0.1, -0.05) is 19.3 Å². The largest absolute Gasteiger partial charge is 0.357 e. The molecule has 1 saturated heterocycles. The summed E-state index contributed by atoms with van der Waals surface area (Å²) >= 11 is 1.65. The Morgan fingerprint density at radius 1 is 1.33 bits per heavy atom. The first kappa shape index (κ1) is 22.4. The first-order chi connectivity index (χ1) is 12.7. The van der Waals surface area contributed by atoms with E-state index in [0.29, 0.717) is 12.5 Å². The van der Waals surface area contributed by atoms with Gasteiger partial charge >= 0.3 is 0 Å². The molecule has 8 heteroatoms. The van der Waals surface area contributed by atoms with Crippen LogP contribution in [0.5, 0.6) is 0 Å². The van der Waals surface area contributed by atoms with Crippen LogP contribution in [0.2, 0.25) is 0 Å². The summed E-state index contributed by atoms with van der Waals surface area (Å²) in [6.45, 7) is 7.21. The van der Waals surface area contributed by atoms with Crippen LogP contribution >= 0.6 is 35.3 Å². The second-order valence-electron chi connectivity index (χ2n) is 7.31. The van der Waals surface area contributed by atoms with Gasteiger partial charge in [-0.15, -0.1) is 35.3 Å². The Hall–Kier alpha value is -0.900. The second kappa shape index (κ2) is 11.2. The third kappa shape index (κ3) is 6.30. The van der Waals surface area contributed by atoms with E-state index in [1.165, 1.54) is 24.1 Å². The third-order valence-corrected chi connectivity index (χ3v) is 6.28. The Kier molecular flexibility index (Phi) is 9.28. The first-order valence-electron chi connectivity index (χ1n) is 9.90. The van der Waals surface area contributed by atoms with Gasteiger partial charge in [0.05, 0.1) is 17.7 Å². The lowest BCUT2D eigenvalue weighted by Crippen LogP contribution is -2.45. The van der Waals surface area contributed by atoms with Gasteiger partial charge in [0, 0.05) is 36.5 Å². The average Bonchev–Trinajstić information content (AvgIpc) is 3.29. The number of amides is 1. The SMILES string of the molecule is CCNC(=NCc1scnc1C)NC1CCN(C(=O)C2CCCCC2)C1.I. The number of aromatic nitrogens is 1. The van der Waals surface area contributed by atoms with Crippen LogP contribution < -0.4 is 10.6 Å². The van der Waals surface area contributed by atoms with E-state index in [4.69, 9.17) is 4.99 Å². The molecule has 6 nitrogen and oxygen atoms in total. The lowest BCUT2D eigenvalue weighted by Gasteiger charge is -2.26. The number of rotatable bonds is 5. The van der Waals surface area contributed by atoms with E-state index in [1.807, 2.05) is 12.4 Å². The summed E-state index contributed by atoms with van der Waals surface area (Å²) in [5.41, 5.74) is 2.92. The molecule has 2 N–H and O–H groups in total. The molecule has 1 aliphatic heterocycles. The van der Waals surface area contributed by atoms with Crippen LogP contribution in [0, 0.1) is 12.8 Å². The molecule has 1 unspecified atom stereocenters. The number of guanidine groups is 1. The highest BCUT2D eigenvalue weighted by Crippen LogP contribution is 2.26. The lowest BCUT2D eigenvalue weighted by atomic mass is 9.88. The Labute approximate surface area is 183 Å². The van der Waals surface area contributed by atoms with Crippen LogP contribution in [0.4, 0.5) is 0 Å². The number of hydrogen-bond donors (Lipinski definition) is 2. The summed E-state index contributed by atoms with van der Waals surface area (Å²) in [6, 6.07) is 0.280. The quantitative estimate of drug-likeness (QED) is 0.366. The van der Waals surface area contributed by atoms with Gasteiger partial charge in [0.2, 0.25) is 5.91 Å². The number of halogens is 1. The highest BCUT2D eigenvalue weighted by atomic mass is 127. The zero-order valence-corrected chi connectivity index (χ0v) is 19.5. The molecule has 0 aromatic carbocycles. The predicted molar refractivity (Wildman–Crippen MR) is 122 cm³/mol. The maximum absolute atomic E-state index is 12.7. The summed E-state index contributed by atoms with van der Waals surface area (Å²) in [5.74, 6) is 1.46. The molecule has 0 bridgehead atoms. The van der Waals surface area contributed by atoms with Crippen molar-refractivity contribution in [3.05, 3.63) is 16.1 Å². The molecule has 2 fully saturated rings. The molecule has 1 aromatic rings. The van der Waals surface area contributed by atoms with Crippen LogP contribution in [0.15, 0.2) is 10.5 Å². The van der Waals surface area contributed by atoms with Crippen molar-refractivity contribution in [2.45, 2.75) is 65.0 Å². The molecular formula is C19H32IN5OS. The number of carbonyl (C=O) groups is 1. The minimum absolute atomic E-state index is 0. The van der Waals surface area contributed by atoms with Crippen LogP contribution in [0.1, 0.15) is 56.0 Å². The van der Waals surface area contributed by atoms with Gasteiger partial charge in [0.1, 0.15) is 0 Å². The monoisotopic (exact) mass is 505 g/mol. The average molecular weight is 505 g/mol. The summed E-state index contributed by atoms with van der Waals surface area (Å²) < 4.78 is 0. The van der Waals surface area contributed by atoms with E-state index >= 15 is 0 Å². The molecule has 1 saturated carbocycles. The topological polar surface area (TPSA) is 69.6 Å². The molecule has 1 atom stereocenters. The van der Waals surface area contributed by atoms with E-state index in [2.05, 4.69) is 27.4 Å². The number of aliphatic imine (C=N–C) groups is 1. The number of likely N-dealkylation sites (tertiary alicyclic amines) is 1. The van der Waals surface area contributed by atoms with Crippen molar-refractivity contribution in [2.24, 2.45) is 10.9 Å². The van der Waals surface area contributed by atoms with E-state index in [9.17, 15) is 4.79 Å². The summed E-state index contributed by atoms with van der Waals surface area (Å²) in [5, 5.41) is 6.83. The molecular weight excluding hydrogens is 473 g/mol. The first-order valence-corrected chi connectivity index (χ1v) is 10.8. The van der Waals surface area contributed by atoms with Crippen molar-refractivity contribution in [3.8, 4) is 0 Å². The molecule has 0 radical (unpaired) electrons. The number of thiazole rings is 1. The van der Waals surface area contributed by atoms with Crippen LogP contribution in [-0.2, 0) is 11.3 Å². The molecule has 1 aliphatic carbocycles. The van der Waals surface area contributed by atoms with Crippen molar-refractivity contribution in [2.75, 3.05) is 19.6 Å². The molecule has 1 aromatic heterocycles. The molecule has 2 heterocycles. The second-order valence-corrected chi connectivity index (χ2v) is 8.24. The number of nitrogens with zero attached hydrogens (tertiary/aromatic N) is 3. The van der Waals surface area contributed by atoms with Gasteiger partial charge in [-0.3, -0.25) is 4.79 Å². The van der Waals surface area contributed by atoms with Crippen molar-refractivity contribution >= 4 is 47.2 Å². The van der Waals surface area contributed by atoms with Gasteiger partial charge in [-0.05, 0) is 33.1 Å². The van der Waals surface area contributed by atoms with Gasteiger partial charge in [-0.25, -0.2) is 9.98 Å². The Morgan fingerprint density at radius 3 is 2.78 bits per heavy atom. The molecule has 2 aliphatic rings. The van der Waals surface area contributed by atoms with Gasteiger partial charge in [0.15, 0.2) is 5.96 Å². The predicted octanol–water partition coefficient (Wildman–Crippen LogP) is 3.31. The van der Waals surface area contributed by atoms with Crippen LogP contribution in [0.25, 0.3) is 0 Å². The highest BCUT2D eigenvalue weighted by molar-refractivity contribution is 14.0. The zero-order chi connectivity index (χ0) is 18.4. The molecule has 1 amide bonds. The van der Waals surface area contributed by atoms with Gasteiger partial charge in [0.25, 0.3) is 0 Å². The van der Waals surface area contributed by atoms with E-state index in [0.717, 1.165) is 50.6 Å². The van der Waals surface area contributed by atoms with E-state index in [1.54, 1.807) is 11.3 Å². The van der Waals surface area contributed by atoms with Crippen LogP contribution in [-0.4, -0.2) is 47.4 Å². The molecule has 27 heavy (non-hydrogen) atoms. The number of aryl methyl sites for hydroxylation is 1. The Bertz CT molecular complexity index is 629. The smallest absolute Gasteiger partial charge is 0.225 e. The Morgan fingerprint density at radius 2 is 2.11 bits per heavy atom. The highest BCUT2D eigenvalue weighted by Gasteiger charge is 2.31. The minimum Gasteiger partial charge on any atom is -0.357 e. The van der Waals surface area contributed by atoms with Crippen molar-refractivity contribution in [1.29, 1.82) is 0 Å². The minimum atomic E-state index is 0. The van der Waals surface area contributed by atoms with Crippen molar-refractivity contribution in [1.82, 2.24) is 20.5 Å². The molecule has 3 rings (SSSR count). The normalized spacial score (nSPS) is 21.0. The fraction of sp³-hybridized carbons (Fsp3) is 0.737. The third-order valence-electron chi connectivity index (χ3n) is 5.37. The summed E-state index contributed by atoms with van der Waals surface area (Å²) in [6.07, 6.45) is 6.84. The molecule has 152 valence electrons. The number of nitrogens with one attached hydrogen (secondary N) is 2. The fourth-order valence-electron chi connectivity index (χ4n) is 3.83. The Balaban J connectivity index is 0.00000261. The molecule has 0 spiro atoms. The number of carbonyl (C=O) groups excluding carboxylic acids is 1.